The van der Waals surface area contributed by atoms with E-state index >= 15 is 0 Å². The Labute approximate surface area is 57.9 Å². The van der Waals surface area contributed by atoms with Crippen molar-refractivity contribution in [3.8, 4) is 0 Å². The van der Waals surface area contributed by atoms with Crippen LogP contribution in [0.25, 0.3) is 0 Å². The summed E-state index contributed by atoms with van der Waals surface area (Å²) in [6.45, 7) is 0. The van der Waals surface area contributed by atoms with Crippen molar-refractivity contribution in [3.63, 3.8) is 0 Å². The van der Waals surface area contributed by atoms with E-state index in [0.717, 1.165) is 23.5 Å². The molecule has 0 atom stereocenters. The minimum Gasteiger partial charge on any atom is -0.478 e. The van der Waals surface area contributed by atoms with Gasteiger partial charge in [-0.3, -0.25) is 0 Å². The van der Waals surface area contributed by atoms with Crippen LogP contribution in [0.2, 0.25) is 0 Å². The van der Waals surface area contributed by atoms with Gasteiger partial charge in [-0.1, -0.05) is 5.57 Å². The standard InChI is InChI=1S/C6H8O2S/c7-6(8)3-5-1-2-9-4-5/h3H,1-2,4H2,(H,7,8)/b5-3+. The maximum absolute atomic E-state index is 10.1. The van der Waals surface area contributed by atoms with Crippen LogP contribution in [0.4, 0.5) is 0 Å². The zero-order chi connectivity index (χ0) is 6.69. The fourth-order valence-electron chi connectivity index (χ4n) is 0.767. The minimum atomic E-state index is -0.813. The lowest BCUT2D eigenvalue weighted by molar-refractivity contribution is -0.131. The van der Waals surface area contributed by atoms with Crippen LogP contribution >= 0.6 is 11.8 Å². The van der Waals surface area contributed by atoms with E-state index in [1.807, 2.05) is 0 Å². The van der Waals surface area contributed by atoms with Gasteiger partial charge in [0.1, 0.15) is 0 Å². The summed E-state index contributed by atoms with van der Waals surface area (Å²) in [5.74, 6) is 1.18. The largest absolute Gasteiger partial charge is 0.478 e. The number of rotatable bonds is 1. The van der Waals surface area contributed by atoms with Gasteiger partial charge in [-0.05, 0) is 12.2 Å². The van der Waals surface area contributed by atoms with Crippen molar-refractivity contribution >= 4 is 17.7 Å². The number of hydrogen-bond acceptors (Lipinski definition) is 2. The average molecular weight is 144 g/mol. The molecule has 0 saturated carbocycles. The molecule has 2 nitrogen and oxygen atoms in total. The van der Waals surface area contributed by atoms with Crippen molar-refractivity contribution < 1.29 is 9.90 Å². The predicted octanol–water partition coefficient (Wildman–Crippen LogP) is 1.13. The maximum atomic E-state index is 10.1. The highest BCUT2D eigenvalue weighted by Gasteiger charge is 2.07. The summed E-state index contributed by atoms with van der Waals surface area (Å²) in [6, 6.07) is 0. The molecule has 9 heavy (non-hydrogen) atoms. The van der Waals surface area contributed by atoms with Gasteiger partial charge in [0.25, 0.3) is 0 Å². The van der Waals surface area contributed by atoms with Gasteiger partial charge in [0.15, 0.2) is 0 Å². The van der Waals surface area contributed by atoms with Gasteiger partial charge in [0.2, 0.25) is 0 Å². The first-order valence-electron chi connectivity index (χ1n) is 2.79. The van der Waals surface area contributed by atoms with Crippen LogP contribution < -0.4 is 0 Å². The third-order valence-corrected chi connectivity index (χ3v) is 2.25. The topological polar surface area (TPSA) is 37.3 Å². The van der Waals surface area contributed by atoms with Crippen molar-refractivity contribution in [3.05, 3.63) is 11.6 Å². The molecule has 0 aromatic carbocycles. The Morgan fingerprint density at radius 2 is 2.56 bits per heavy atom. The molecule has 3 heteroatoms. The average Bonchev–Trinajstić information content (AvgIpc) is 2.15. The molecule has 0 amide bonds. The van der Waals surface area contributed by atoms with Crippen LogP contribution in [0, 0.1) is 0 Å². The number of thioether (sulfide) groups is 1. The molecule has 0 radical (unpaired) electrons. The van der Waals surface area contributed by atoms with E-state index in [2.05, 4.69) is 0 Å². The van der Waals surface area contributed by atoms with E-state index in [-0.39, 0.29) is 0 Å². The van der Waals surface area contributed by atoms with Gasteiger partial charge >= 0.3 is 5.97 Å². The van der Waals surface area contributed by atoms with E-state index in [1.165, 1.54) is 6.08 Å². The zero-order valence-corrected chi connectivity index (χ0v) is 5.78. The van der Waals surface area contributed by atoms with Gasteiger partial charge in [0.05, 0.1) is 0 Å². The quantitative estimate of drug-likeness (QED) is 0.560. The van der Waals surface area contributed by atoms with Gasteiger partial charge in [-0.15, -0.1) is 0 Å². The molecule has 0 aromatic heterocycles. The van der Waals surface area contributed by atoms with Crippen molar-refractivity contribution in [2.75, 3.05) is 11.5 Å². The second kappa shape index (κ2) is 2.92. The second-order valence-corrected chi connectivity index (χ2v) is 3.05. The smallest absolute Gasteiger partial charge is 0.328 e. The van der Waals surface area contributed by atoms with Crippen molar-refractivity contribution in [2.45, 2.75) is 6.42 Å². The zero-order valence-electron chi connectivity index (χ0n) is 4.96. The number of hydrogen-bond donors (Lipinski definition) is 1. The van der Waals surface area contributed by atoms with E-state index in [4.69, 9.17) is 5.11 Å². The van der Waals surface area contributed by atoms with Gasteiger partial charge < -0.3 is 5.11 Å². The summed E-state index contributed by atoms with van der Waals surface area (Å²) in [5, 5.41) is 8.29. The van der Waals surface area contributed by atoms with Gasteiger partial charge in [0, 0.05) is 11.8 Å². The first-order chi connectivity index (χ1) is 4.29. The van der Waals surface area contributed by atoms with Crippen LogP contribution in [0.5, 0.6) is 0 Å². The van der Waals surface area contributed by atoms with Crippen LogP contribution in [-0.2, 0) is 4.79 Å². The highest BCUT2D eigenvalue weighted by molar-refractivity contribution is 7.99. The predicted molar refractivity (Wildman–Crippen MR) is 37.7 cm³/mol. The summed E-state index contributed by atoms with van der Waals surface area (Å²) in [4.78, 5) is 10.1. The van der Waals surface area contributed by atoms with Gasteiger partial charge in [-0.25, -0.2) is 4.79 Å². The second-order valence-electron chi connectivity index (χ2n) is 1.94. The molecule has 1 heterocycles. The molecular weight excluding hydrogens is 136 g/mol. The first-order valence-corrected chi connectivity index (χ1v) is 3.94. The van der Waals surface area contributed by atoms with Crippen LogP contribution in [0.1, 0.15) is 6.42 Å². The van der Waals surface area contributed by atoms with Crippen LogP contribution in [0.15, 0.2) is 11.6 Å². The molecule has 0 aliphatic carbocycles. The highest BCUT2D eigenvalue weighted by atomic mass is 32.2. The Morgan fingerprint density at radius 1 is 1.78 bits per heavy atom. The number of carboxylic acid groups (broad SMARTS) is 1. The van der Waals surface area contributed by atoms with Gasteiger partial charge in [-0.2, -0.15) is 11.8 Å². The summed E-state index contributed by atoms with van der Waals surface area (Å²) in [5.41, 5.74) is 1.06. The summed E-state index contributed by atoms with van der Waals surface area (Å²) >= 11 is 1.79. The molecule has 0 aromatic rings. The molecule has 1 saturated heterocycles. The molecule has 1 aliphatic rings. The molecule has 1 aliphatic heterocycles. The molecular formula is C6H8O2S. The van der Waals surface area contributed by atoms with E-state index < -0.39 is 5.97 Å². The first kappa shape index (κ1) is 6.68. The molecule has 0 unspecified atom stereocenters. The minimum absolute atomic E-state index is 0.813. The van der Waals surface area contributed by atoms with E-state index in [1.54, 1.807) is 11.8 Å². The third kappa shape index (κ3) is 2.10. The SMILES string of the molecule is O=C(O)/C=C1\CCSC1. The lowest BCUT2D eigenvalue weighted by Crippen LogP contribution is -1.90. The molecule has 0 spiro atoms. The van der Waals surface area contributed by atoms with Crippen LogP contribution in [0.3, 0.4) is 0 Å². The fourth-order valence-corrected chi connectivity index (χ4v) is 1.81. The fraction of sp³-hybridized carbons (Fsp3) is 0.500. The number of aliphatic carboxylic acids is 1. The molecule has 50 valence electrons. The Bertz CT molecular complexity index is 143. The van der Waals surface area contributed by atoms with Crippen molar-refractivity contribution in [1.29, 1.82) is 0 Å². The number of carbonyl (C=O) groups is 1. The van der Waals surface area contributed by atoms with Crippen molar-refractivity contribution in [2.24, 2.45) is 0 Å². The Kier molecular flexibility index (Phi) is 2.16. The van der Waals surface area contributed by atoms with Crippen LogP contribution in [-0.4, -0.2) is 22.6 Å². The Balaban J connectivity index is 2.49. The lowest BCUT2D eigenvalue weighted by Gasteiger charge is -1.87. The monoisotopic (exact) mass is 144 g/mol. The lowest BCUT2D eigenvalue weighted by atomic mass is 10.2. The molecule has 1 fully saturated rings. The molecule has 0 bridgehead atoms. The maximum Gasteiger partial charge on any atom is 0.328 e. The Hall–Kier alpha value is -0.440. The van der Waals surface area contributed by atoms with E-state index in [0.29, 0.717) is 0 Å². The normalized spacial score (nSPS) is 22.9. The summed E-state index contributed by atoms with van der Waals surface area (Å²) in [7, 11) is 0. The summed E-state index contributed by atoms with van der Waals surface area (Å²) < 4.78 is 0. The Morgan fingerprint density at radius 3 is 3.00 bits per heavy atom. The highest BCUT2D eigenvalue weighted by Crippen LogP contribution is 2.21. The third-order valence-electron chi connectivity index (χ3n) is 1.18. The van der Waals surface area contributed by atoms with Crippen molar-refractivity contribution in [1.82, 2.24) is 0 Å². The molecule has 1 N–H and O–H groups in total. The molecule has 1 rings (SSSR count). The number of carboxylic acids is 1. The summed E-state index contributed by atoms with van der Waals surface area (Å²) in [6.07, 6.45) is 2.27. The van der Waals surface area contributed by atoms with E-state index in [9.17, 15) is 4.79 Å².